The molecule has 2 aromatic heterocycles. The van der Waals surface area contributed by atoms with Gasteiger partial charge in [-0.1, -0.05) is 23.8 Å². The average molecular weight is 449 g/mol. The summed E-state index contributed by atoms with van der Waals surface area (Å²) in [5, 5.41) is 4.42. The predicted molar refractivity (Wildman–Crippen MR) is 120 cm³/mol. The number of nitrogens with one attached hydrogen (secondary N) is 1. The van der Waals surface area contributed by atoms with Gasteiger partial charge in [-0.2, -0.15) is 13.2 Å². The molecule has 0 unspecified atom stereocenters. The Kier molecular flexibility index (Phi) is 6.48. The fraction of sp³-hybridized carbons (Fsp3) is 0.478. The second-order valence-electron chi connectivity index (χ2n) is 8.35. The molecule has 3 aromatic rings. The van der Waals surface area contributed by atoms with Gasteiger partial charge in [0.2, 0.25) is 0 Å². The quantitative estimate of drug-likeness (QED) is 0.555. The van der Waals surface area contributed by atoms with Crippen molar-refractivity contribution in [3.63, 3.8) is 0 Å². The lowest BCUT2D eigenvalue weighted by Gasteiger charge is -2.22. The summed E-state index contributed by atoms with van der Waals surface area (Å²) in [4.78, 5) is 11.8. The highest BCUT2D eigenvalue weighted by Crippen LogP contribution is 2.34. The Labute approximate surface area is 184 Å². The highest BCUT2D eigenvalue weighted by Gasteiger charge is 2.29. The van der Waals surface area contributed by atoms with E-state index in [0.29, 0.717) is 10.9 Å². The van der Waals surface area contributed by atoms with Crippen LogP contribution >= 0.6 is 11.3 Å². The molecule has 4 rings (SSSR count). The molecule has 166 valence electrons. The first-order valence-electron chi connectivity index (χ1n) is 10.6. The molecule has 0 aliphatic carbocycles. The van der Waals surface area contributed by atoms with Gasteiger partial charge in [-0.15, -0.1) is 11.3 Å². The molecule has 0 radical (unpaired) electrons. The van der Waals surface area contributed by atoms with Crippen molar-refractivity contribution in [2.45, 2.75) is 58.3 Å². The second-order valence-corrected chi connectivity index (χ2v) is 9.46. The zero-order valence-electron chi connectivity index (χ0n) is 17.8. The fourth-order valence-electron chi connectivity index (χ4n) is 4.24. The Balaban J connectivity index is 1.43. The fourth-order valence-corrected chi connectivity index (χ4v) is 5.26. The van der Waals surface area contributed by atoms with Crippen molar-refractivity contribution in [3.05, 3.63) is 52.2 Å². The first-order valence-corrected chi connectivity index (χ1v) is 11.4. The molecule has 1 aliphatic rings. The third-order valence-electron chi connectivity index (χ3n) is 5.84. The summed E-state index contributed by atoms with van der Waals surface area (Å²) in [6, 6.07) is 8.57. The topological polar surface area (TPSA) is 41.0 Å². The third-order valence-corrected chi connectivity index (χ3v) is 6.88. The lowest BCUT2D eigenvalue weighted by atomic mass is 10.0. The van der Waals surface area contributed by atoms with Gasteiger partial charge >= 0.3 is 6.18 Å². The Hall–Kier alpha value is -2.19. The van der Waals surface area contributed by atoms with E-state index in [1.807, 2.05) is 0 Å². The van der Waals surface area contributed by atoms with Crippen molar-refractivity contribution in [1.82, 2.24) is 15.3 Å². The van der Waals surface area contributed by atoms with Crippen LogP contribution in [0.2, 0.25) is 0 Å². The molecule has 3 heterocycles. The highest BCUT2D eigenvalue weighted by molar-refractivity contribution is 7.18. The number of benzene rings is 1. The van der Waals surface area contributed by atoms with Crippen molar-refractivity contribution < 1.29 is 13.2 Å². The van der Waals surface area contributed by atoms with Crippen LogP contribution in [0.1, 0.15) is 40.8 Å². The number of halogens is 3. The maximum Gasteiger partial charge on any atom is 0.393 e. The summed E-state index contributed by atoms with van der Waals surface area (Å²) in [6.45, 7) is 6.76. The minimum absolute atomic E-state index is 0.284. The van der Waals surface area contributed by atoms with E-state index < -0.39 is 12.6 Å². The van der Waals surface area contributed by atoms with Crippen molar-refractivity contribution in [3.8, 4) is 0 Å². The molecule has 1 saturated heterocycles. The van der Waals surface area contributed by atoms with E-state index in [1.165, 1.54) is 23.0 Å². The van der Waals surface area contributed by atoms with Gasteiger partial charge in [0.1, 0.15) is 17.0 Å². The van der Waals surface area contributed by atoms with Gasteiger partial charge in [-0.05, 0) is 50.3 Å². The first kappa shape index (κ1) is 22.0. The molecular formula is C23H27F3N4S. The smallest absolute Gasteiger partial charge is 0.356 e. The van der Waals surface area contributed by atoms with Gasteiger partial charge < -0.3 is 10.2 Å². The van der Waals surface area contributed by atoms with Crippen molar-refractivity contribution >= 4 is 27.4 Å². The first-order chi connectivity index (χ1) is 14.8. The molecule has 4 nitrogen and oxygen atoms in total. The van der Waals surface area contributed by atoms with E-state index in [2.05, 4.69) is 52.2 Å². The molecule has 0 bridgehead atoms. The van der Waals surface area contributed by atoms with Crippen LogP contribution in [0.15, 0.2) is 30.6 Å². The van der Waals surface area contributed by atoms with Crippen LogP contribution in [0.3, 0.4) is 0 Å². The lowest BCUT2D eigenvalue weighted by molar-refractivity contribution is -0.126. The zero-order valence-corrected chi connectivity index (χ0v) is 18.6. The van der Waals surface area contributed by atoms with Crippen LogP contribution in [0, 0.1) is 13.8 Å². The van der Waals surface area contributed by atoms with Crippen LogP contribution in [0.5, 0.6) is 0 Å². The number of aromatic nitrogens is 2. The van der Waals surface area contributed by atoms with Crippen LogP contribution in [-0.2, 0) is 13.0 Å². The average Bonchev–Trinajstić information content (AvgIpc) is 2.94. The number of aryl methyl sites for hydroxylation is 2. The molecule has 1 N–H and O–H groups in total. The van der Waals surface area contributed by atoms with Crippen LogP contribution in [0.25, 0.3) is 10.2 Å². The number of thiophene rings is 1. The maximum absolute atomic E-state index is 12.8. The standard InChI is InChI=1S/C23H27F3N4S/c1-15-5-6-17(16(2)10-15)13-27-18-4-3-8-30(9-7-18)21-20-11-19(12-23(24,25)26)31-22(20)29-14-28-21/h5-6,10-11,14,18,27H,3-4,7-9,12-13H2,1-2H3/t18-/m1/s1. The van der Waals surface area contributed by atoms with Gasteiger partial charge in [-0.3, -0.25) is 0 Å². The van der Waals surface area contributed by atoms with E-state index in [-0.39, 0.29) is 4.88 Å². The molecule has 1 atom stereocenters. The number of hydrogen-bond acceptors (Lipinski definition) is 5. The number of nitrogens with zero attached hydrogens (tertiary/aromatic N) is 3. The van der Waals surface area contributed by atoms with Crippen LogP contribution < -0.4 is 10.2 Å². The minimum atomic E-state index is -4.22. The maximum atomic E-state index is 12.8. The van der Waals surface area contributed by atoms with Gasteiger partial charge in [0, 0.05) is 30.6 Å². The molecule has 0 amide bonds. The van der Waals surface area contributed by atoms with Crippen molar-refractivity contribution in [1.29, 1.82) is 0 Å². The number of hydrogen-bond donors (Lipinski definition) is 1. The summed E-state index contributed by atoms with van der Waals surface area (Å²) in [6.07, 6.45) is -0.625. The summed E-state index contributed by atoms with van der Waals surface area (Å²) in [7, 11) is 0. The van der Waals surface area contributed by atoms with E-state index in [1.54, 1.807) is 6.07 Å². The molecular weight excluding hydrogens is 421 g/mol. The largest absolute Gasteiger partial charge is 0.393 e. The molecule has 31 heavy (non-hydrogen) atoms. The van der Waals surface area contributed by atoms with Gasteiger partial charge in [0.25, 0.3) is 0 Å². The van der Waals surface area contributed by atoms with Crippen LogP contribution in [0.4, 0.5) is 19.0 Å². The Morgan fingerprint density at radius 3 is 2.74 bits per heavy atom. The summed E-state index contributed by atoms with van der Waals surface area (Å²) < 4.78 is 38.4. The lowest BCUT2D eigenvalue weighted by Crippen LogP contribution is -2.31. The molecule has 1 fully saturated rings. The van der Waals surface area contributed by atoms with E-state index >= 15 is 0 Å². The SMILES string of the molecule is Cc1ccc(CN[C@@H]2CCCN(c3ncnc4sc(CC(F)(F)F)cc34)CC2)c(C)c1. The normalized spacial score (nSPS) is 17.8. The second kappa shape index (κ2) is 9.12. The highest BCUT2D eigenvalue weighted by atomic mass is 32.1. The minimum Gasteiger partial charge on any atom is -0.356 e. The Morgan fingerprint density at radius 2 is 1.97 bits per heavy atom. The molecule has 8 heteroatoms. The molecule has 1 aliphatic heterocycles. The van der Waals surface area contributed by atoms with Gasteiger partial charge in [0.15, 0.2) is 0 Å². The number of alkyl halides is 3. The predicted octanol–water partition coefficient (Wildman–Crippen LogP) is 5.56. The number of rotatable bonds is 5. The summed E-state index contributed by atoms with van der Waals surface area (Å²) in [5.41, 5.74) is 3.90. The van der Waals surface area contributed by atoms with Gasteiger partial charge in [0.05, 0.1) is 11.8 Å². The van der Waals surface area contributed by atoms with Crippen LogP contribution in [-0.4, -0.2) is 35.3 Å². The molecule has 0 spiro atoms. The number of fused-ring (bicyclic) bond motifs is 1. The van der Waals surface area contributed by atoms with E-state index in [9.17, 15) is 13.2 Å². The van der Waals surface area contributed by atoms with E-state index in [4.69, 9.17) is 0 Å². The monoisotopic (exact) mass is 448 g/mol. The van der Waals surface area contributed by atoms with Crippen molar-refractivity contribution in [2.75, 3.05) is 18.0 Å². The Bertz CT molecular complexity index is 1050. The number of anilines is 1. The van der Waals surface area contributed by atoms with Gasteiger partial charge in [-0.25, -0.2) is 9.97 Å². The summed E-state index contributed by atoms with van der Waals surface area (Å²) >= 11 is 1.11. The molecule has 0 saturated carbocycles. The third kappa shape index (κ3) is 5.54. The Morgan fingerprint density at radius 1 is 1.13 bits per heavy atom. The summed E-state index contributed by atoms with van der Waals surface area (Å²) in [5.74, 6) is 0.754. The zero-order chi connectivity index (χ0) is 22.0. The van der Waals surface area contributed by atoms with Crippen molar-refractivity contribution in [2.24, 2.45) is 0 Å². The molecule has 1 aromatic carbocycles. The van der Waals surface area contributed by atoms with E-state index in [0.717, 1.165) is 61.4 Å².